The van der Waals surface area contributed by atoms with Gasteiger partial charge in [-0.1, -0.05) is 31.9 Å². The van der Waals surface area contributed by atoms with Crippen molar-refractivity contribution in [2.24, 2.45) is 0 Å². The van der Waals surface area contributed by atoms with E-state index >= 15 is 0 Å². The largest absolute Gasteiger partial charge is 0.207 e. The average Bonchev–Trinajstić information content (AvgIpc) is 2.25. The molecule has 0 N–H and O–H groups in total. The second-order valence-electron chi connectivity index (χ2n) is 4.52. The summed E-state index contributed by atoms with van der Waals surface area (Å²) in [7, 11) is 0. The Morgan fingerprint density at radius 3 is 1.89 bits per heavy atom. The molecule has 2 aromatic carbocycles. The fraction of sp³-hybridized carbons (Fsp3) is 0.200. The number of rotatable bonds is 2. The fourth-order valence-electron chi connectivity index (χ4n) is 2.21. The van der Waals surface area contributed by atoms with Crippen LogP contribution in [0.25, 0.3) is 0 Å². The highest BCUT2D eigenvalue weighted by Crippen LogP contribution is 2.36. The first-order valence-corrected chi connectivity index (χ1v) is 7.77. The number of halogens is 4. The lowest BCUT2D eigenvalue weighted by Crippen LogP contribution is -2.01. The zero-order valence-electron chi connectivity index (χ0n) is 10.5. The van der Waals surface area contributed by atoms with Gasteiger partial charge in [-0.3, -0.25) is 0 Å². The van der Waals surface area contributed by atoms with E-state index in [1.165, 1.54) is 12.1 Å². The van der Waals surface area contributed by atoms with Crippen LogP contribution in [0.15, 0.2) is 39.3 Å². The van der Waals surface area contributed by atoms with Crippen molar-refractivity contribution in [2.75, 3.05) is 0 Å². The predicted octanol–water partition coefficient (Wildman–Crippen LogP) is 6.30. The van der Waals surface area contributed by atoms with Crippen molar-refractivity contribution >= 4 is 43.5 Å². The zero-order valence-corrected chi connectivity index (χ0v) is 14.4. The molecule has 1 unspecified atom stereocenters. The van der Waals surface area contributed by atoms with Crippen LogP contribution >= 0.6 is 43.5 Å². The summed E-state index contributed by atoms with van der Waals surface area (Å²) in [5.41, 5.74) is 3.68. The van der Waals surface area contributed by atoms with Crippen molar-refractivity contribution in [2.45, 2.75) is 19.2 Å². The summed E-state index contributed by atoms with van der Waals surface area (Å²) in [6.45, 7) is 3.77. The third-order valence-electron chi connectivity index (χ3n) is 2.99. The predicted molar refractivity (Wildman–Crippen MR) is 85.4 cm³/mol. The van der Waals surface area contributed by atoms with E-state index in [1.54, 1.807) is 0 Å². The molecule has 0 radical (unpaired) electrons. The van der Waals surface area contributed by atoms with Gasteiger partial charge in [-0.15, -0.1) is 11.6 Å². The molecule has 0 aromatic heterocycles. The summed E-state index contributed by atoms with van der Waals surface area (Å²) >= 11 is 13.5. The maximum Gasteiger partial charge on any atom is 0.123 e. The molecule has 0 amide bonds. The van der Waals surface area contributed by atoms with Gasteiger partial charge in [0.05, 0.1) is 5.38 Å². The molecule has 100 valence electrons. The summed E-state index contributed by atoms with van der Waals surface area (Å²) < 4.78 is 15.3. The average molecular weight is 407 g/mol. The highest BCUT2D eigenvalue weighted by Gasteiger charge is 2.17. The lowest BCUT2D eigenvalue weighted by atomic mass is 9.95. The Hall–Kier alpha value is -0.380. The van der Waals surface area contributed by atoms with E-state index in [-0.39, 0.29) is 11.2 Å². The van der Waals surface area contributed by atoms with E-state index in [0.717, 1.165) is 31.2 Å². The molecule has 0 heterocycles. The van der Waals surface area contributed by atoms with Crippen LogP contribution in [0.3, 0.4) is 0 Å². The van der Waals surface area contributed by atoms with Crippen LogP contribution in [0.1, 0.15) is 27.6 Å². The van der Waals surface area contributed by atoms with Crippen LogP contribution in [-0.2, 0) is 0 Å². The third kappa shape index (κ3) is 3.39. The van der Waals surface area contributed by atoms with Gasteiger partial charge in [0.25, 0.3) is 0 Å². The van der Waals surface area contributed by atoms with Gasteiger partial charge in [0, 0.05) is 8.95 Å². The number of benzene rings is 2. The molecule has 1 atom stereocenters. The van der Waals surface area contributed by atoms with Gasteiger partial charge in [0.2, 0.25) is 0 Å². The summed E-state index contributed by atoms with van der Waals surface area (Å²) in [6, 6.07) is 8.95. The maximum absolute atomic E-state index is 13.3. The van der Waals surface area contributed by atoms with Gasteiger partial charge in [-0.25, -0.2) is 4.39 Å². The molecule has 0 fully saturated rings. The van der Waals surface area contributed by atoms with Crippen molar-refractivity contribution in [1.29, 1.82) is 0 Å². The maximum atomic E-state index is 13.3. The first kappa shape index (κ1) is 15.0. The highest BCUT2D eigenvalue weighted by atomic mass is 79.9. The first-order chi connectivity index (χ1) is 8.88. The molecule has 4 heteroatoms. The molecular weight excluding hydrogens is 394 g/mol. The van der Waals surface area contributed by atoms with E-state index in [2.05, 4.69) is 31.9 Å². The second-order valence-corrected chi connectivity index (χ2v) is 6.79. The van der Waals surface area contributed by atoms with E-state index in [1.807, 2.05) is 32.0 Å². The highest BCUT2D eigenvalue weighted by molar-refractivity contribution is 9.11. The molecule has 2 aromatic rings. The number of aryl methyl sites for hydroxylation is 2. The van der Waals surface area contributed by atoms with Crippen molar-refractivity contribution in [1.82, 2.24) is 0 Å². The topological polar surface area (TPSA) is 0 Å². The van der Waals surface area contributed by atoms with E-state index in [9.17, 15) is 4.39 Å². The molecule has 19 heavy (non-hydrogen) atoms. The Morgan fingerprint density at radius 1 is 0.947 bits per heavy atom. The van der Waals surface area contributed by atoms with Crippen LogP contribution in [0.5, 0.6) is 0 Å². The molecule has 2 rings (SSSR count). The van der Waals surface area contributed by atoms with Crippen LogP contribution in [0.2, 0.25) is 0 Å². The monoisotopic (exact) mass is 404 g/mol. The molecule has 0 spiro atoms. The number of hydrogen-bond donors (Lipinski definition) is 0. The van der Waals surface area contributed by atoms with E-state index in [0.29, 0.717) is 0 Å². The minimum Gasteiger partial charge on any atom is -0.207 e. The minimum absolute atomic E-state index is 0.224. The SMILES string of the molecule is Cc1cc(F)cc(C)c1C(Cl)c1cc(Br)cc(Br)c1. The van der Waals surface area contributed by atoms with Crippen LogP contribution in [0.4, 0.5) is 4.39 Å². The second kappa shape index (κ2) is 5.94. The molecule has 0 aliphatic rings. The van der Waals surface area contributed by atoms with Crippen LogP contribution in [0, 0.1) is 19.7 Å². The summed E-state index contributed by atoms with van der Waals surface area (Å²) in [5.74, 6) is -0.224. The Balaban J connectivity index is 2.52. The standard InChI is InChI=1S/C15H12Br2ClF/c1-8-3-13(19)4-9(2)14(8)15(18)10-5-11(16)7-12(17)6-10/h3-7,15H,1-2H3. The molecular formula is C15H12Br2ClF. The van der Waals surface area contributed by atoms with Crippen LogP contribution in [-0.4, -0.2) is 0 Å². The van der Waals surface area contributed by atoms with Gasteiger partial charge in [-0.05, 0) is 66.4 Å². The Bertz CT molecular complexity index is 582. The van der Waals surface area contributed by atoms with Gasteiger partial charge in [0.1, 0.15) is 5.82 Å². The van der Waals surface area contributed by atoms with Crippen molar-refractivity contribution in [3.05, 3.63) is 67.3 Å². The molecule has 0 saturated heterocycles. The molecule has 0 bridgehead atoms. The Labute approximate surface area is 134 Å². The Morgan fingerprint density at radius 2 is 1.42 bits per heavy atom. The molecule has 0 aliphatic carbocycles. The molecule has 0 nitrogen and oxygen atoms in total. The summed E-state index contributed by atoms with van der Waals surface area (Å²) in [6.07, 6.45) is 0. The Kier molecular flexibility index (Phi) is 4.70. The number of hydrogen-bond acceptors (Lipinski definition) is 0. The van der Waals surface area contributed by atoms with Gasteiger partial charge in [0.15, 0.2) is 0 Å². The molecule has 0 saturated carbocycles. The van der Waals surface area contributed by atoms with E-state index in [4.69, 9.17) is 11.6 Å². The summed E-state index contributed by atoms with van der Waals surface area (Å²) in [4.78, 5) is 0. The normalized spacial score (nSPS) is 12.5. The van der Waals surface area contributed by atoms with Crippen molar-refractivity contribution < 1.29 is 4.39 Å². The van der Waals surface area contributed by atoms with Crippen molar-refractivity contribution in [3.63, 3.8) is 0 Å². The minimum atomic E-state index is -0.297. The van der Waals surface area contributed by atoms with E-state index < -0.39 is 0 Å². The summed E-state index contributed by atoms with van der Waals surface area (Å²) in [5, 5.41) is -0.297. The quantitative estimate of drug-likeness (QED) is 0.514. The van der Waals surface area contributed by atoms with Crippen LogP contribution < -0.4 is 0 Å². The van der Waals surface area contributed by atoms with Gasteiger partial charge in [-0.2, -0.15) is 0 Å². The van der Waals surface area contributed by atoms with Crippen molar-refractivity contribution in [3.8, 4) is 0 Å². The first-order valence-electron chi connectivity index (χ1n) is 5.75. The van der Waals surface area contributed by atoms with Gasteiger partial charge < -0.3 is 0 Å². The smallest absolute Gasteiger partial charge is 0.123 e. The lowest BCUT2D eigenvalue weighted by molar-refractivity contribution is 0.624. The molecule has 0 aliphatic heterocycles. The van der Waals surface area contributed by atoms with Gasteiger partial charge >= 0.3 is 0 Å². The number of alkyl halides is 1. The third-order valence-corrected chi connectivity index (χ3v) is 4.38. The fourth-order valence-corrected chi connectivity index (χ4v) is 4.01. The zero-order chi connectivity index (χ0) is 14.2. The lowest BCUT2D eigenvalue weighted by Gasteiger charge is -2.17.